The molecule has 4 heteroatoms. The maximum absolute atomic E-state index is 8.25. The Labute approximate surface area is 72.2 Å². The fraction of sp³-hybridized carbons (Fsp3) is 1.00. The molecule has 12 heavy (non-hydrogen) atoms. The first-order valence-electron chi connectivity index (χ1n) is 4.68. The van der Waals surface area contributed by atoms with Gasteiger partial charge in [0.05, 0.1) is 0 Å². The van der Waals surface area contributed by atoms with Gasteiger partial charge in [-0.05, 0) is 44.3 Å². The molecule has 0 aromatic carbocycles. The van der Waals surface area contributed by atoms with Crippen LogP contribution in [-0.2, 0) is 0 Å². The predicted molar refractivity (Wildman–Crippen MR) is 46.8 cm³/mol. The number of piperidine rings is 1. The summed E-state index contributed by atoms with van der Waals surface area (Å²) in [5.41, 5.74) is 8.25. The number of hydrogen-bond donors (Lipinski definition) is 0. The van der Waals surface area contributed by atoms with Crippen LogP contribution in [0.4, 0.5) is 0 Å². The molecule has 2 fully saturated rings. The molecular formula is C8H14N4. The van der Waals surface area contributed by atoms with Crippen LogP contribution in [0.1, 0.15) is 25.7 Å². The van der Waals surface area contributed by atoms with Gasteiger partial charge in [0.2, 0.25) is 0 Å². The Balaban J connectivity index is 1.79. The summed E-state index contributed by atoms with van der Waals surface area (Å²) in [5, 5.41) is 3.75. The summed E-state index contributed by atoms with van der Waals surface area (Å²) in [6.45, 7) is 2.27. The van der Waals surface area contributed by atoms with E-state index in [9.17, 15) is 0 Å². The van der Waals surface area contributed by atoms with E-state index in [2.05, 4.69) is 14.9 Å². The van der Waals surface area contributed by atoms with E-state index in [4.69, 9.17) is 5.53 Å². The zero-order chi connectivity index (χ0) is 8.39. The van der Waals surface area contributed by atoms with Crippen LogP contribution in [0.2, 0.25) is 0 Å². The molecule has 1 heterocycles. The lowest BCUT2D eigenvalue weighted by Gasteiger charge is -2.29. The van der Waals surface area contributed by atoms with Crippen LogP contribution in [0, 0.1) is 0 Å². The number of azide groups is 1. The molecule has 4 nitrogen and oxygen atoms in total. The van der Waals surface area contributed by atoms with Crippen molar-refractivity contribution in [1.82, 2.24) is 4.90 Å². The van der Waals surface area contributed by atoms with Crippen LogP contribution in [0.25, 0.3) is 10.4 Å². The molecule has 0 aromatic rings. The first kappa shape index (κ1) is 7.90. The van der Waals surface area contributed by atoms with Crippen molar-refractivity contribution in [2.45, 2.75) is 37.8 Å². The van der Waals surface area contributed by atoms with Crippen LogP contribution < -0.4 is 0 Å². The average Bonchev–Trinajstić information content (AvgIpc) is 2.89. The van der Waals surface area contributed by atoms with Gasteiger partial charge in [-0.3, -0.25) is 0 Å². The lowest BCUT2D eigenvalue weighted by molar-refractivity contribution is 0.204. The molecule has 0 radical (unpaired) electrons. The van der Waals surface area contributed by atoms with E-state index in [-0.39, 0.29) is 6.04 Å². The normalized spacial score (nSPS) is 26.7. The van der Waals surface area contributed by atoms with Crippen molar-refractivity contribution in [1.29, 1.82) is 0 Å². The van der Waals surface area contributed by atoms with Gasteiger partial charge in [0.1, 0.15) is 0 Å². The van der Waals surface area contributed by atoms with Crippen LogP contribution >= 0.6 is 0 Å². The molecule has 0 N–H and O–H groups in total. The van der Waals surface area contributed by atoms with Gasteiger partial charge in [-0.25, -0.2) is 0 Å². The highest BCUT2D eigenvalue weighted by molar-refractivity contribution is 4.88. The van der Waals surface area contributed by atoms with Gasteiger partial charge in [0, 0.05) is 17.0 Å². The van der Waals surface area contributed by atoms with Crippen molar-refractivity contribution in [3.8, 4) is 0 Å². The van der Waals surface area contributed by atoms with Crippen molar-refractivity contribution >= 4 is 0 Å². The fourth-order valence-electron chi connectivity index (χ4n) is 1.88. The second-order valence-corrected chi connectivity index (χ2v) is 3.70. The second-order valence-electron chi connectivity index (χ2n) is 3.70. The van der Waals surface area contributed by atoms with Gasteiger partial charge in [-0.15, -0.1) is 0 Å². The van der Waals surface area contributed by atoms with Gasteiger partial charge < -0.3 is 4.90 Å². The zero-order valence-corrected chi connectivity index (χ0v) is 7.19. The number of rotatable bonds is 2. The monoisotopic (exact) mass is 166 g/mol. The highest BCUT2D eigenvalue weighted by atomic mass is 15.2. The van der Waals surface area contributed by atoms with Gasteiger partial charge in [-0.2, -0.15) is 0 Å². The quantitative estimate of drug-likeness (QED) is 0.351. The summed E-state index contributed by atoms with van der Waals surface area (Å²) in [6.07, 6.45) is 4.87. The minimum atomic E-state index is 0.269. The van der Waals surface area contributed by atoms with Crippen LogP contribution in [0.5, 0.6) is 0 Å². The lowest BCUT2D eigenvalue weighted by Crippen LogP contribution is -2.36. The highest BCUT2D eigenvalue weighted by Crippen LogP contribution is 2.29. The third-order valence-corrected chi connectivity index (χ3v) is 2.78. The minimum absolute atomic E-state index is 0.269. The molecule has 0 aromatic heterocycles. The van der Waals surface area contributed by atoms with E-state index in [1.54, 1.807) is 0 Å². The predicted octanol–water partition coefficient (Wildman–Crippen LogP) is 1.92. The fourth-order valence-corrected chi connectivity index (χ4v) is 1.88. The van der Waals surface area contributed by atoms with E-state index >= 15 is 0 Å². The van der Waals surface area contributed by atoms with Crippen molar-refractivity contribution in [3.05, 3.63) is 10.4 Å². The van der Waals surface area contributed by atoms with Gasteiger partial charge >= 0.3 is 0 Å². The van der Waals surface area contributed by atoms with E-state index in [1.165, 1.54) is 12.8 Å². The molecule has 1 aliphatic heterocycles. The molecule has 0 unspecified atom stereocenters. The summed E-state index contributed by atoms with van der Waals surface area (Å²) in [4.78, 5) is 5.38. The first-order chi connectivity index (χ1) is 5.90. The molecule has 1 saturated heterocycles. The maximum Gasteiger partial charge on any atom is 0.0398 e. The molecule has 0 amide bonds. The maximum atomic E-state index is 8.25. The van der Waals surface area contributed by atoms with Gasteiger partial charge in [-0.1, -0.05) is 5.11 Å². The Morgan fingerprint density at radius 3 is 2.33 bits per heavy atom. The third-order valence-electron chi connectivity index (χ3n) is 2.78. The summed E-state index contributed by atoms with van der Waals surface area (Å²) < 4.78 is 0. The molecule has 1 aliphatic carbocycles. The van der Waals surface area contributed by atoms with Crippen LogP contribution in [0.15, 0.2) is 5.11 Å². The highest BCUT2D eigenvalue weighted by Gasteiger charge is 2.31. The van der Waals surface area contributed by atoms with Crippen molar-refractivity contribution < 1.29 is 0 Å². The topological polar surface area (TPSA) is 52.0 Å². The average molecular weight is 166 g/mol. The molecule has 2 aliphatic rings. The number of nitrogens with zero attached hydrogens (tertiary/aromatic N) is 4. The van der Waals surface area contributed by atoms with E-state index < -0.39 is 0 Å². The molecule has 0 spiro atoms. The SMILES string of the molecule is [N-]=[N+]=NC1CCN(C2CC2)CC1. The molecule has 0 bridgehead atoms. The molecule has 2 rings (SSSR count). The second kappa shape index (κ2) is 3.33. The number of likely N-dealkylation sites (tertiary alicyclic amines) is 1. The Kier molecular flexibility index (Phi) is 2.19. The zero-order valence-electron chi connectivity index (χ0n) is 7.19. The summed E-state index contributed by atoms with van der Waals surface area (Å²) >= 11 is 0. The molecular weight excluding hydrogens is 152 g/mol. The summed E-state index contributed by atoms with van der Waals surface area (Å²) in [6, 6.07) is 1.14. The van der Waals surface area contributed by atoms with Gasteiger partial charge in [0.15, 0.2) is 0 Å². The van der Waals surface area contributed by atoms with Gasteiger partial charge in [0.25, 0.3) is 0 Å². The Morgan fingerprint density at radius 1 is 1.17 bits per heavy atom. The summed E-state index contributed by atoms with van der Waals surface area (Å²) in [7, 11) is 0. The Morgan fingerprint density at radius 2 is 1.83 bits per heavy atom. The van der Waals surface area contributed by atoms with E-state index in [0.29, 0.717) is 0 Å². The smallest absolute Gasteiger partial charge is 0.0398 e. The van der Waals surface area contributed by atoms with Crippen LogP contribution in [-0.4, -0.2) is 30.1 Å². The Bertz CT molecular complexity index is 197. The van der Waals surface area contributed by atoms with Crippen molar-refractivity contribution in [3.63, 3.8) is 0 Å². The minimum Gasteiger partial charge on any atom is -0.300 e. The Hall–Kier alpha value is -0.730. The van der Waals surface area contributed by atoms with Crippen molar-refractivity contribution in [2.75, 3.05) is 13.1 Å². The summed E-state index contributed by atoms with van der Waals surface area (Å²) in [5.74, 6) is 0. The van der Waals surface area contributed by atoms with Crippen LogP contribution in [0.3, 0.4) is 0 Å². The molecule has 0 atom stereocenters. The van der Waals surface area contributed by atoms with E-state index in [1.807, 2.05) is 0 Å². The molecule has 1 saturated carbocycles. The van der Waals surface area contributed by atoms with E-state index in [0.717, 1.165) is 32.0 Å². The van der Waals surface area contributed by atoms with Crippen molar-refractivity contribution in [2.24, 2.45) is 5.11 Å². The third kappa shape index (κ3) is 1.71. The first-order valence-corrected chi connectivity index (χ1v) is 4.68. The standard InChI is InChI=1S/C8H14N4/c9-11-10-7-3-5-12(6-4-7)8-1-2-8/h7-8H,1-6H2. The lowest BCUT2D eigenvalue weighted by atomic mass is 10.1. The largest absolute Gasteiger partial charge is 0.300 e. The number of hydrogen-bond acceptors (Lipinski definition) is 2. The molecule has 66 valence electrons.